The van der Waals surface area contributed by atoms with E-state index in [1.165, 1.54) is 6.07 Å². The lowest BCUT2D eigenvalue weighted by Gasteiger charge is -2.24. The van der Waals surface area contributed by atoms with Gasteiger partial charge in [-0.15, -0.1) is 11.3 Å². The summed E-state index contributed by atoms with van der Waals surface area (Å²) in [6, 6.07) is 8.54. The van der Waals surface area contributed by atoms with Crippen molar-refractivity contribution in [3.8, 4) is 0 Å². The highest BCUT2D eigenvalue weighted by molar-refractivity contribution is 7.09. The van der Waals surface area contributed by atoms with E-state index in [1.54, 1.807) is 34.3 Å². The zero-order valence-corrected chi connectivity index (χ0v) is 14.1. The van der Waals surface area contributed by atoms with Crippen LogP contribution >= 0.6 is 22.9 Å². The Morgan fingerprint density at radius 1 is 1.38 bits per heavy atom. The van der Waals surface area contributed by atoms with Gasteiger partial charge in [0.25, 0.3) is 0 Å². The van der Waals surface area contributed by atoms with Gasteiger partial charge in [-0.1, -0.05) is 23.7 Å². The summed E-state index contributed by atoms with van der Waals surface area (Å²) in [7, 11) is 0. The van der Waals surface area contributed by atoms with Crippen LogP contribution in [0.4, 0.5) is 10.2 Å². The highest BCUT2D eigenvalue weighted by Gasteiger charge is 2.32. The molecule has 1 atom stereocenters. The van der Waals surface area contributed by atoms with Crippen LogP contribution < -0.4 is 5.32 Å². The Balaban J connectivity index is 1.78. The maximum absolute atomic E-state index is 14.3. The molecule has 1 aliphatic rings. The molecule has 1 amide bonds. The molecule has 4 nitrogen and oxygen atoms in total. The van der Waals surface area contributed by atoms with Crippen molar-refractivity contribution in [1.29, 1.82) is 0 Å². The minimum Gasteiger partial charge on any atom is -0.311 e. The number of fused-ring (bicyclic) bond motifs is 1. The van der Waals surface area contributed by atoms with Crippen LogP contribution in [0.2, 0.25) is 5.02 Å². The van der Waals surface area contributed by atoms with Gasteiger partial charge in [-0.05, 0) is 23.6 Å². The molecule has 1 aliphatic heterocycles. The topological polar surface area (TPSA) is 46.9 Å². The zero-order valence-electron chi connectivity index (χ0n) is 12.5. The van der Waals surface area contributed by atoms with Gasteiger partial charge in [-0.3, -0.25) is 4.79 Å². The fraction of sp³-hybridized carbons (Fsp3) is 0.176. The molecule has 4 rings (SSSR count). The van der Waals surface area contributed by atoms with Crippen molar-refractivity contribution in [2.24, 2.45) is 0 Å². The minimum atomic E-state index is -0.431. The Morgan fingerprint density at radius 2 is 2.25 bits per heavy atom. The number of benzene rings is 1. The zero-order chi connectivity index (χ0) is 16.7. The molecule has 0 saturated carbocycles. The van der Waals surface area contributed by atoms with Crippen LogP contribution in [-0.4, -0.2) is 15.7 Å². The summed E-state index contributed by atoms with van der Waals surface area (Å²) in [5.74, 6) is -0.387. The fourth-order valence-corrected chi connectivity index (χ4v) is 4.02. The van der Waals surface area contributed by atoms with Gasteiger partial charge in [0.05, 0.1) is 12.7 Å². The smallest absolute Gasteiger partial charge is 0.226 e. The molecule has 0 radical (unpaired) electrons. The maximum Gasteiger partial charge on any atom is 0.226 e. The second-order valence-electron chi connectivity index (χ2n) is 5.63. The number of amides is 1. The van der Waals surface area contributed by atoms with Crippen LogP contribution in [0.1, 0.15) is 28.3 Å². The predicted molar refractivity (Wildman–Crippen MR) is 92.1 cm³/mol. The molecule has 2 aromatic heterocycles. The summed E-state index contributed by atoms with van der Waals surface area (Å²) < 4.78 is 16.1. The first-order chi connectivity index (χ1) is 11.6. The van der Waals surface area contributed by atoms with Gasteiger partial charge >= 0.3 is 0 Å². The van der Waals surface area contributed by atoms with E-state index in [0.29, 0.717) is 22.9 Å². The molecule has 0 spiro atoms. The van der Waals surface area contributed by atoms with Crippen LogP contribution in [0.3, 0.4) is 0 Å². The second-order valence-corrected chi connectivity index (χ2v) is 7.07. The number of nitrogens with one attached hydrogen (secondary N) is 1. The summed E-state index contributed by atoms with van der Waals surface area (Å²) in [5.41, 5.74) is 1.14. The molecule has 0 bridgehead atoms. The van der Waals surface area contributed by atoms with E-state index in [9.17, 15) is 9.18 Å². The summed E-state index contributed by atoms with van der Waals surface area (Å²) in [6.07, 6.45) is 1.84. The number of thiophene rings is 1. The van der Waals surface area contributed by atoms with E-state index < -0.39 is 11.7 Å². The molecule has 24 heavy (non-hydrogen) atoms. The molecule has 0 aliphatic carbocycles. The number of halogens is 2. The van der Waals surface area contributed by atoms with Crippen LogP contribution in [0.5, 0.6) is 0 Å². The van der Waals surface area contributed by atoms with Crippen molar-refractivity contribution in [1.82, 2.24) is 9.78 Å². The molecule has 1 aromatic carbocycles. The van der Waals surface area contributed by atoms with Gasteiger partial charge in [0.15, 0.2) is 0 Å². The molecule has 0 fully saturated rings. The summed E-state index contributed by atoms with van der Waals surface area (Å²) in [5, 5.41) is 9.56. The van der Waals surface area contributed by atoms with E-state index in [2.05, 4.69) is 10.4 Å². The summed E-state index contributed by atoms with van der Waals surface area (Å²) in [4.78, 5) is 13.3. The second kappa shape index (κ2) is 6.03. The Morgan fingerprint density at radius 3 is 3.00 bits per heavy atom. The predicted octanol–water partition coefficient (Wildman–Crippen LogP) is 4.26. The van der Waals surface area contributed by atoms with Gasteiger partial charge < -0.3 is 5.32 Å². The van der Waals surface area contributed by atoms with E-state index in [1.807, 2.05) is 17.5 Å². The molecule has 3 aromatic rings. The average Bonchev–Trinajstić information content (AvgIpc) is 3.18. The van der Waals surface area contributed by atoms with E-state index in [4.69, 9.17) is 11.6 Å². The lowest BCUT2D eigenvalue weighted by atomic mass is 9.87. The largest absolute Gasteiger partial charge is 0.311 e. The molecular weight excluding hydrogens is 349 g/mol. The first kappa shape index (κ1) is 15.4. The first-order valence-corrected chi connectivity index (χ1v) is 8.71. The SMILES string of the molecule is O=C1CC(c2c(F)cccc2Cl)c2cnn(Cc3cccs3)c2N1. The Kier molecular flexibility index (Phi) is 3.86. The number of carbonyl (C=O) groups is 1. The van der Waals surface area contributed by atoms with Crippen LogP contribution in [0.25, 0.3) is 0 Å². The standard InChI is InChI=1S/C17H13ClFN3OS/c18-13-4-1-5-14(19)16(13)11-7-15(23)21-17-12(11)8-20-22(17)9-10-3-2-6-24-10/h1-6,8,11H,7,9H2,(H,21,23). The lowest BCUT2D eigenvalue weighted by molar-refractivity contribution is -0.116. The quantitative estimate of drug-likeness (QED) is 0.757. The van der Waals surface area contributed by atoms with Crippen LogP contribution in [-0.2, 0) is 11.3 Å². The van der Waals surface area contributed by atoms with E-state index in [0.717, 1.165) is 10.4 Å². The Bertz CT molecular complexity index is 886. The highest BCUT2D eigenvalue weighted by Crippen LogP contribution is 2.41. The molecule has 122 valence electrons. The molecular formula is C17H13ClFN3OS. The first-order valence-electron chi connectivity index (χ1n) is 7.45. The van der Waals surface area contributed by atoms with Crippen LogP contribution in [0, 0.1) is 5.82 Å². The Hall–Kier alpha value is -2.18. The molecule has 1 unspecified atom stereocenters. The minimum absolute atomic E-state index is 0.151. The Labute approximate surface area is 146 Å². The average molecular weight is 362 g/mol. The summed E-state index contributed by atoms with van der Waals surface area (Å²) in [6.45, 7) is 0.561. The van der Waals surface area contributed by atoms with Crippen molar-refractivity contribution >= 4 is 34.7 Å². The third kappa shape index (κ3) is 2.61. The lowest BCUT2D eigenvalue weighted by Crippen LogP contribution is -2.25. The van der Waals surface area contributed by atoms with E-state index >= 15 is 0 Å². The molecule has 0 saturated heterocycles. The van der Waals surface area contributed by atoms with Crippen molar-refractivity contribution in [3.63, 3.8) is 0 Å². The number of anilines is 1. The normalized spacial score (nSPS) is 16.8. The molecule has 7 heteroatoms. The van der Waals surface area contributed by atoms with Crippen molar-refractivity contribution in [3.05, 3.63) is 68.8 Å². The summed E-state index contributed by atoms with van der Waals surface area (Å²) >= 11 is 7.82. The molecule has 1 N–H and O–H groups in total. The number of nitrogens with zero attached hydrogens (tertiary/aromatic N) is 2. The number of rotatable bonds is 3. The van der Waals surface area contributed by atoms with Gasteiger partial charge in [0, 0.05) is 33.4 Å². The number of carbonyl (C=O) groups excluding carboxylic acids is 1. The van der Waals surface area contributed by atoms with Crippen molar-refractivity contribution < 1.29 is 9.18 Å². The third-order valence-electron chi connectivity index (χ3n) is 4.12. The number of hydrogen-bond donors (Lipinski definition) is 1. The van der Waals surface area contributed by atoms with Crippen LogP contribution in [0.15, 0.2) is 41.9 Å². The van der Waals surface area contributed by atoms with Gasteiger partial charge in [0.2, 0.25) is 5.91 Å². The van der Waals surface area contributed by atoms with Gasteiger partial charge in [-0.2, -0.15) is 5.10 Å². The van der Waals surface area contributed by atoms with Crippen molar-refractivity contribution in [2.75, 3.05) is 5.32 Å². The fourth-order valence-electron chi connectivity index (χ4n) is 3.04. The van der Waals surface area contributed by atoms with Gasteiger partial charge in [-0.25, -0.2) is 9.07 Å². The monoisotopic (exact) mass is 361 g/mol. The maximum atomic E-state index is 14.3. The van der Waals surface area contributed by atoms with E-state index in [-0.39, 0.29) is 12.3 Å². The molecule has 3 heterocycles. The van der Waals surface area contributed by atoms with Gasteiger partial charge in [0.1, 0.15) is 11.6 Å². The third-order valence-corrected chi connectivity index (χ3v) is 5.32. The highest BCUT2D eigenvalue weighted by atomic mass is 35.5. The number of aromatic nitrogens is 2. The number of hydrogen-bond acceptors (Lipinski definition) is 3. The van der Waals surface area contributed by atoms with Crippen molar-refractivity contribution in [2.45, 2.75) is 18.9 Å².